The van der Waals surface area contributed by atoms with Crippen LogP contribution in [0.5, 0.6) is 0 Å². The second kappa shape index (κ2) is 7.28. The Kier molecular flexibility index (Phi) is 5.66. The van der Waals surface area contributed by atoms with Gasteiger partial charge in [0.1, 0.15) is 0 Å². The molecule has 0 amide bonds. The summed E-state index contributed by atoms with van der Waals surface area (Å²) in [6, 6.07) is 18.8. The summed E-state index contributed by atoms with van der Waals surface area (Å²) >= 11 is 7.29. The summed E-state index contributed by atoms with van der Waals surface area (Å²) < 4.78 is 0. The van der Waals surface area contributed by atoms with Crippen molar-refractivity contribution in [3.63, 3.8) is 0 Å². The van der Waals surface area contributed by atoms with Gasteiger partial charge >= 0.3 is 0 Å². The van der Waals surface area contributed by atoms with Crippen molar-refractivity contribution >= 4 is 28.8 Å². The third kappa shape index (κ3) is 3.59. The van der Waals surface area contributed by atoms with Crippen molar-refractivity contribution in [2.24, 2.45) is 0 Å². The Morgan fingerprint density at radius 3 is 1.86 bits per heavy atom. The van der Waals surface area contributed by atoms with E-state index in [1.165, 1.54) is 21.5 Å². The van der Waals surface area contributed by atoms with Gasteiger partial charge in [0.25, 0.3) is 0 Å². The van der Waals surface area contributed by atoms with E-state index < -0.39 is 7.38 Å². The van der Waals surface area contributed by atoms with Crippen molar-refractivity contribution in [1.29, 1.82) is 0 Å². The molecule has 0 saturated carbocycles. The van der Waals surface area contributed by atoms with Crippen LogP contribution in [0.15, 0.2) is 48.5 Å². The maximum Gasteiger partial charge on any atom is 0.217 e. The molecule has 0 radical (unpaired) electrons. The van der Waals surface area contributed by atoms with Gasteiger partial charge < -0.3 is 0 Å². The predicted molar refractivity (Wildman–Crippen MR) is 97.6 cm³/mol. The van der Waals surface area contributed by atoms with Crippen LogP contribution in [0.2, 0.25) is 6.04 Å². The fourth-order valence-corrected chi connectivity index (χ4v) is 7.32. The molecule has 0 aliphatic heterocycles. The van der Waals surface area contributed by atoms with Crippen LogP contribution in [-0.4, -0.2) is 7.38 Å². The molecule has 2 aromatic carbocycles. The minimum Gasteiger partial charge on any atom is -0.155 e. The van der Waals surface area contributed by atoms with Gasteiger partial charge in [-0.15, -0.1) is 0 Å². The first-order chi connectivity index (χ1) is 10.1. The average Bonchev–Trinajstić information content (AvgIpc) is 2.55. The standard InChI is InChI=1S/C19H25ClSi/c1-4-12-21(20,18-10-8-7-9-11-18)19-14-16(5-2)13-17(6-3)15-19/h7-11,13-15H,4-6,12H2,1-3H3. The monoisotopic (exact) mass is 316 g/mol. The summed E-state index contributed by atoms with van der Waals surface area (Å²) in [6.45, 7) is 6.67. The highest BCUT2D eigenvalue weighted by Gasteiger charge is 2.34. The van der Waals surface area contributed by atoms with E-state index >= 15 is 0 Å². The molecule has 0 aromatic heterocycles. The number of hydrogen-bond donors (Lipinski definition) is 0. The SMILES string of the molecule is CCC[Si](Cl)(c1ccccc1)c1cc(CC)cc(CC)c1. The zero-order valence-electron chi connectivity index (χ0n) is 13.3. The van der Waals surface area contributed by atoms with E-state index in [0.717, 1.165) is 25.3 Å². The van der Waals surface area contributed by atoms with Crippen molar-refractivity contribution in [2.75, 3.05) is 0 Å². The molecule has 2 aromatic rings. The molecule has 21 heavy (non-hydrogen) atoms. The highest BCUT2D eigenvalue weighted by molar-refractivity contribution is 7.34. The molecule has 0 saturated heterocycles. The Labute approximate surface area is 134 Å². The van der Waals surface area contributed by atoms with E-state index in [2.05, 4.69) is 69.3 Å². The number of aryl methyl sites for hydroxylation is 2. The molecule has 0 aliphatic carbocycles. The van der Waals surface area contributed by atoms with Gasteiger partial charge in [-0.05, 0) is 40.4 Å². The molecular weight excluding hydrogens is 292 g/mol. The molecular formula is C19H25ClSi. The number of hydrogen-bond acceptors (Lipinski definition) is 0. The topological polar surface area (TPSA) is 0 Å². The maximum absolute atomic E-state index is 7.29. The van der Waals surface area contributed by atoms with Crippen LogP contribution in [0, 0.1) is 0 Å². The highest BCUT2D eigenvalue weighted by Crippen LogP contribution is 2.20. The van der Waals surface area contributed by atoms with Crippen LogP contribution in [0.1, 0.15) is 38.3 Å². The molecule has 0 aliphatic rings. The normalized spacial score (nSPS) is 13.9. The Balaban J connectivity index is 2.57. The number of halogens is 1. The molecule has 2 heteroatoms. The van der Waals surface area contributed by atoms with E-state index in [0.29, 0.717) is 0 Å². The molecule has 1 atom stereocenters. The summed E-state index contributed by atoms with van der Waals surface area (Å²) in [4.78, 5) is 0. The highest BCUT2D eigenvalue weighted by atomic mass is 35.6. The van der Waals surface area contributed by atoms with Crippen molar-refractivity contribution < 1.29 is 0 Å². The fraction of sp³-hybridized carbons (Fsp3) is 0.368. The van der Waals surface area contributed by atoms with Gasteiger partial charge in [0.05, 0.1) is 0 Å². The Morgan fingerprint density at radius 1 is 0.810 bits per heavy atom. The van der Waals surface area contributed by atoms with E-state index in [1.807, 2.05) is 0 Å². The Hall–Kier alpha value is -1.05. The third-order valence-corrected chi connectivity index (χ3v) is 9.67. The summed E-state index contributed by atoms with van der Waals surface area (Å²) in [5.74, 6) is 0. The summed E-state index contributed by atoms with van der Waals surface area (Å²) in [6.07, 6.45) is 3.27. The van der Waals surface area contributed by atoms with E-state index in [1.54, 1.807) is 0 Å². The Bertz CT molecular complexity index is 557. The number of benzene rings is 2. The zero-order chi connectivity index (χ0) is 15.3. The van der Waals surface area contributed by atoms with Gasteiger partial charge in [0.2, 0.25) is 7.38 Å². The van der Waals surface area contributed by atoms with Crippen LogP contribution < -0.4 is 10.4 Å². The van der Waals surface area contributed by atoms with Gasteiger partial charge in [-0.1, -0.05) is 75.7 Å². The van der Waals surface area contributed by atoms with Gasteiger partial charge in [0.15, 0.2) is 0 Å². The lowest BCUT2D eigenvalue weighted by molar-refractivity contribution is 1.06. The molecule has 0 spiro atoms. The molecule has 2 rings (SSSR count). The van der Waals surface area contributed by atoms with Crippen LogP contribution in [0.4, 0.5) is 0 Å². The number of rotatable bonds is 6. The van der Waals surface area contributed by atoms with Crippen molar-refractivity contribution in [2.45, 2.75) is 46.1 Å². The quantitative estimate of drug-likeness (QED) is 0.543. The third-order valence-electron chi connectivity index (χ3n) is 4.15. The van der Waals surface area contributed by atoms with Gasteiger partial charge in [-0.25, -0.2) is 0 Å². The minimum atomic E-state index is -2.12. The maximum atomic E-state index is 7.29. The van der Waals surface area contributed by atoms with Gasteiger partial charge in [-0.3, -0.25) is 0 Å². The molecule has 0 N–H and O–H groups in total. The van der Waals surface area contributed by atoms with Crippen molar-refractivity contribution in [1.82, 2.24) is 0 Å². The molecule has 1 unspecified atom stereocenters. The summed E-state index contributed by atoms with van der Waals surface area (Å²) in [7, 11) is -2.12. The Morgan fingerprint density at radius 2 is 1.38 bits per heavy atom. The largest absolute Gasteiger partial charge is 0.217 e. The predicted octanol–water partition coefficient (Wildman–Crippen LogP) is 4.52. The van der Waals surface area contributed by atoms with E-state index in [9.17, 15) is 0 Å². The first kappa shape index (κ1) is 16.3. The lowest BCUT2D eigenvalue weighted by Crippen LogP contribution is -2.53. The second-order valence-corrected chi connectivity index (χ2v) is 10.9. The zero-order valence-corrected chi connectivity index (χ0v) is 15.1. The fourth-order valence-electron chi connectivity index (χ4n) is 2.90. The van der Waals surface area contributed by atoms with Gasteiger partial charge in [0, 0.05) is 0 Å². The molecule has 0 heterocycles. The first-order valence-electron chi connectivity index (χ1n) is 8.01. The summed E-state index contributed by atoms with van der Waals surface area (Å²) in [5.41, 5.74) is 2.82. The van der Waals surface area contributed by atoms with Crippen LogP contribution >= 0.6 is 11.1 Å². The van der Waals surface area contributed by atoms with Crippen LogP contribution in [0.3, 0.4) is 0 Å². The lowest BCUT2D eigenvalue weighted by Gasteiger charge is -2.26. The minimum absolute atomic E-state index is 1.07. The van der Waals surface area contributed by atoms with Gasteiger partial charge in [-0.2, -0.15) is 11.1 Å². The van der Waals surface area contributed by atoms with E-state index in [4.69, 9.17) is 11.1 Å². The second-order valence-electron chi connectivity index (χ2n) is 5.66. The first-order valence-corrected chi connectivity index (χ1v) is 11.2. The molecule has 112 valence electrons. The summed E-state index contributed by atoms with van der Waals surface area (Å²) in [5, 5.41) is 2.72. The van der Waals surface area contributed by atoms with Crippen LogP contribution in [-0.2, 0) is 12.8 Å². The molecule has 0 fully saturated rings. The lowest BCUT2D eigenvalue weighted by atomic mass is 10.1. The van der Waals surface area contributed by atoms with E-state index in [-0.39, 0.29) is 0 Å². The van der Waals surface area contributed by atoms with Crippen molar-refractivity contribution in [3.05, 3.63) is 59.7 Å². The molecule has 0 nitrogen and oxygen atoms in total. The van der Waals surface area contributed by atoms with Crippen molar-refractivity contribution in [3.8, 4) is 0 Å². The molecule has 0 bridgehead atoms. The average molecular weight is 317 g/mol. The smallest absolute Gasteiger partial charge is 0.155 e. The van der Waals surface area contributed by atoms with Crippen LogP contribution in [0.25, 0.3) is 0 Å².